The number of pyridine rings is 1. The zero-order valence-electron chi connectivity index (χ0n) is 14.8. The van der Waals surface area contributed by atoms with Crippen molar-refractivity contribution in [3.8, 4) is 0 Å². The highest BCUT2D eigenvalue weighted by Gasteiger charge is 2.35. The molecular weight excluding hydrogens is 318 g/mol. The van der Waals surface area contributed by atoms with E-state index in [1.54, 1.807) is 56.4 Å². The van der Waals surface area contributed by atoms with Gasteiger partial charge in [-0.3, -0.25) is 14.6 Å². The van der Waals surface area contributed by atoms with Crippen LogP contribution >= 0.6 is 0 Å². The molecule has 0 bridgehead atoms. The second-order valence-corrected chi connectivity index (χ2v) is 6.32. The lowest BCUT2D eigenvalue weighted by molar-refractivity contribution is -0.161. The Labute approximate surface area is 148 Å². The lowest BCUT2D eigenvalue weighted by Gasteiger charge is -2.25. The van der Waals surface area contributed by atoms with Crippen LogP contribution < -0.4 is 0 Å². The molecule has 0 saturated carbocycles. The molecule has 0 fully saturated rings. The molecule has 1 heterocycles. The predicted molar refractivity (Wildman–Crippen MR) is 94.1 cm³/mol. The van der Waals surface area contributed by atoms with Gasteiger partial charge in [0.25, 0.3) is 0 Å². The molecule has 5 nitrogen and oxygen atoms in total. The largest absolute Gasteiger partial charge is 0.448 e. The number of esters is 1. The van der Waals surface area contributed by atoms with E-state index in [1.165, 1.54) is 6.20 Å². The normalized spacial score (nSPS) is 12.4. The SMILES string of the molecule is CCOCC(C)(C)C(=O)OC(C(=O)c1ccccc1)c1cccnc1. The van der Waals surface area contributed by atoms with Crippen molar-refractivity contribution in [1.29, 1.82) is 0 Å². The van der Waals surface area contributed by atoms with Crippen molar-refractivity contribution >= 4 is 11.8 Å². The number of Topliss-reactive ketones (excluding diaryl/α,β-unsaturated/α-hetero) is 1. The summed E-state index contributed by atoms with van der Waals surface area (Å²) in [5.41, 5.74) is 0.164. The first-order valence-electron chi connectivity index (χ1n) is 8.23. The zero-order chi connectivity index (χ0) is 18.3. The first kappa shape index (κ1) is 18.8. The summed E-state index contributed by atoms with van der Waals surface area (Å²) in [6, 6.07) is 12.2. The smallest absolute Gasteiger partial charge is 0.314 e. The van der Waals surface area contributed by atoms with Crippen molar-refractivity contribution in [2.45, 2.75) is 26.9 Å². The summed E-state index contributed by atoms with van der Waals surface area (Å²) < 4.78 is 11.0. The van der Waals surface area contributed by atoms with Crippen LogP contribution in [0.25, 0.3) is 0 Å². The minimum atomic E-state index is -1.04. The average Bonchev–Trinajstić information content (AvgIpc) is 2.65. The second kappa shape index (κ2) is 8.53. The number of ether oxygens (including phenoxy) is 2. The van der Waals surface area contributed by atoms with Crippen molar-refractivity contribution < 1.29 is 19.1 Å². The highest BCUT2D eigenvalue weighted by molar-refractivity contribution is 6.01. The summed E-state index contributed by atoms with van der Waals surface area (Å²) >= 11 is 0. The molecule has 25 heavy (non-hydrogen) atoms. The third-order valence-corrected chi connectivity index (χ3v) is 3.73. The number of rotatable bonds is 8. The lowest BCUT2D eigenvalue weighted by Crippen LogP contribution is -2.34. The first-order valence-corrected chi connectivity index (χ1v) is 8.23. The van der Waals surface area contributed by atoms with Gasteiger partial charge in [0.05, 0.1) is 12.0 Å². The van der Waals surface area contributed by atoms with E-state index in [-0.39, 0.29) is 12.4 Å². The van der Waals surface area contributed by atoms with Gasteiger partial charge in [0.2, 0.25) is 5.78 Å². The fourth-order valence-corrected chi connectivity index (χ4v) is 2.24. The lowest BCUT2D eigenvalue weighted by atomic mass is 9.94. The Balaban J connectivity index is 2.27. The standard InChI is InChI=1S/C20H23NO4/c1-4-24-14-20(2,3)19(23)25-18(16-11-8-12-21-13-16)17(22)15-9-6-5-7-10-15/h5-13,18H,4,14H2,1-3H3. The van der Waals surface area contributed by atoms with E-state index in [1.807, 2.05) is 13.0 Å². The molecule has 0 saturated heterocycles. The molecule has 1 atom stereocenters. The first-order chi connectivity index (χ1) is 12.0. The molecule has 2 rings (SSSR count). The summed E-state index contributed by atoms with van der Waals surface area (Å²) in [4.78, 5) is 29.5. The Kier molecular flexibility index (Phi) is 6.42. The number of hydrogen-bond donors (Lipinski definition) is 0. The number of carbonyl (C=O) groups is 2. The van der Waals surface area contributed by atoms with Crippen molar-refractivity contribution in [1.82, 2.24) is 4.98 Å². The predicted octanol–water partition coefficient (Wildman–Crippen LogP) is 3.61. The van der Waals surface area contributed by atoms with E-state index in [9.17, 15) is 9.59 Å². The van der Waals surface area contributed by atoms with Gasteiger partial charge in [0, 0.05) is 30.1 Å². The quantitative estimate of drug-likeness (QED) is 0.542. The van der Waals surface area contributed by atoms with Gasteiger partial charge in [-0.25, -0.2) is 0 Å². The minimum Gasteiger partial charge on any atom is -0.448 e. The van der Waals surface area contributed by atoms with Crippen molar-refractivity contribution in [3.63, 3.8) is 0 Å². The molecule has 0 aliphatic heterocycles. The number of hydrogen-bond acceptors (Lipinski definition) is 5. The van der Waals surface area contributed by atoms with Gasteiger partial charge < -0.3 is 9.47 Å². The maximum Gasteiger partial charge on any atom is 0.314 e. The Morgan fingerprint density at radius 2 is 1.84 bits per heavy atom. The maximum absolute atomic E-state index is 12.9. The molecule has 0 radical (unpaired) electrons. The summed E-state index contributed by atoms with van der Waals surface area (Å²) in [6.07, 6.45) is 2.10. The molecule has 0 spiro atoms. The van der Waals surface area contributed by atoms with Gasteiger partial charge in [-0.05, 0) is 26.8 Å². The molecular formula is C20H23NO4. The number of benzene rings is 1. The van der Waals surface area contributed by atoms with Crippen LogP contribution in [0, 0.1) is 5.41 Å². The Hall–Kier alpha value is -2.53. The van der Waals surface area contributed by atoms with Gasteiger partial charge >= 0.3 is 5.97 Å². The Morgan fingerprint density at radius 3 is 2.44 bits per heavy atom. The van der Waals surface area contributed by atoms with E-state index < -0.39 is 17.5 Å². The molecule has 0 aliphatic rings. The maximum atomic E-state index is 12.9. The van der Waals surface area contributed by atoms with Crippen LogP contribution in [0.1, 0.15) is 42.8 Å². The molecule has 1 aromatic carbocycles. The van der Waals surface area contributed by atoms with Gasteiger partial charge in [0.15, 0.2) is 6.10 Å². The second-order valence-electron chi connectivity index (χ2n) is 6.32. The molecule has 132 valence electrons. The highest BCUT2D eigenvalue weighted by Crippen LogP contribution is 2.27. The monoisotopic (exact) mass is 341 g/mol. The zero-order valence-corrected chi connectivity index (χ0v) is 14.8. The van der Waals surface area contributed by atoms with Crippen LogP contribution in [0.3, 0.4) is 0 Å². The van der Waals surface area contributed by atoms with Gasteiger partial charge in [0.1, 0.15) is 0 Å². The molecule has 5 heteroatoms. The van der Waals surface area contributed by atoms with E-state index in [0.717, 1.165) is 0 Å². The fraction of sp³-hybridized carbons (Fsp3) is 0.350. The summed E-state index contributed by atoms with van der Waals surface area (Å²) in [5, 5.41) is 0. The molecule has 2 aromatic rings. The van der Waals surface area contributed by atoms with Crippen LogP contribution in [0.4, 0.5) is 0 Å². The molecule has 0 aliphatic carbocycles. The third-order valence-electron chi connectivity index (χ3n) is 3.73. The van der Waals surface area contributed by atoms with E-state index >= 15 is 0 Å². The third kappa shape index (κ3) is 4.97. The molecule has 0 amide bonds. The number of carbonyl (C=O) groups excluding carboxylic acids is 2. The molecule has 1 unspecified atom stereocenters. The van der Waals surface area contributed by atoms with E-state index in [0.29, 0.717) is 17.7 Å². The number of ketones is 1. The van der Waals surface area contributed by atoms with Gasteiger partial charge in [-0.1, -0.05) is 36.4 Å². The van der Waals surface area contributed by atoms with Crippen molar-refractivity contribution in [3.05, 3.63) is 66.0 Å². The van der Waals surface area contributed by atoms with Crippen molar-refractivity contribution in [2.24, 2.45) is 5.41 Å². The summed E-state index contributed by atoms with van der Waals surface area (Å²) in [5.74, 6) is -0.770. The minimum absolute atomic E-state index is 0.224. The summed E-state index contributed by atoms with van der Waals surface area (Å²) in [6.45, 7) is 6.06. The van der Waals surface area contributed by atoms with Crippen LogP contribution in [0.5, 0.6) is 0 Å². The van der Waals surface area contributed by atoms with Crippen LogP contribution in [0.15, 0.2) is 54.9 Å². The van der Waals surface area contributed by atoms with Crippen LogP contribution in [0.2, 0.25) is 0 Å². The molecule has 1 aromatic heterocycles. The number of nitrogens with zero attached hydrogens (tertiary/aromatic N) is 1. The Bertz CT molecular complexity index is 698. The van der Waals surface area contributed by atoms with Crippen LogP contribution in [-0.2, 0) is 14.3 Å². The highest BCUT2D eigenvalue weighted by atomic mass is 16.6. The van der Waals surface area contributed by atoms with Gasteiger partial charge in [-0.2, -0.15) is 0 Å². The van der Waals surface area contributed by atoms with Crippen molar-refractivity contribution in [2.75, 3.05) is 13.2 Å². The van der Waals surface area contributed by atoms with E-state index in [4.69, 9.17) is 9.47 Å². The topological polar surface area (TPSA) is 65.5 Å². The number of aromatic nitrogens is 1. The van der Waals surface area contributed by atoms with Gasteiger partial charge in [-0.15, -0.1) is 0 Å². The summed E-state index contributed by atoms with van der Waals surface area (Å²) in [7, 11) is 0. The average molecular weight is 341 g/mol. The molecule has 0 N–H and O–H groups in total. The van der Waals surface area contributed by atoms with Crippen LogP contribution in [-0.4, -0.2) is 30.0 Å². The Morgan fingerprint density at radius 1 is 1.12 bits per heavy atom. The van der Waals surface area contributed by atoms with E-state index in [2.05, 4.69) is 4.98 Å². The fourth-order valence-electron chi connectivity index (χ4n) is 2.24.